The summed E-state index contributed by atoms with van der Waals surface area (Å²) in [5, 5.41) is 4.35. The number of halogens is 1. The summed E-state index contributed by atoms with van der Waals surface area (Å²) in [5.74, 6) is -0.152. The molecule has 0 atom stereocenters. The fraction of sp³-hybridized carbons (Fsp3) is 0.421. The van der Waals surface area contributed by atoms with Gasteiger partial charge in [-0.05, 0) is 42.8 Å². The largest absolute Gasteiger partial charge is 0.367 e. The smallest absolute Gasteiger partial charge is 0.147 e. The van der Waals surface area contributed by atoms with Crippen LogP contribution in [0, 0.1) is 5.82 Å². The van der Waals surface area contributed by atoms with E-state index in [2.05, 4.69) is 36.8 Å². The van der Waals surface area contributed by atoms with Crippen molar-refractivity contribution in [2.45, 2.75) is 25.8 Å². The fourth-order valence-corrected chi connectivity index (χ4v) is 3.78. The Morgan fingerprint density at radius 2 is 1.96 bits per heavy atom. The maximum Gasteiger partial charge on any atom is 0.147 e. The topological polar surface area (TPSA) is 18.5 Å². The summed E-state index contributed by atoms with van der Waals surface area (Å²) in [7, 11) is 3.63. The molecular formula is C19H23FN3P. The molecule has 5 heteroatoms. The lowest BCUT2D eigenvalue weighted by Crippen LogP contribution is -2.44. The van der Waals surface area contributed by atoms with Crippen molar-refractivity contribution in [2.75, 3.05) is 36.0 Å². The zero-order chi connectivity index (χ0) is 16.8. The molecule has 1 N–H and O–H groups in total. The van der Waals surface area contributed by atoms with Gasteiger partial charge in [0.2, 0.25) is 0 Å². The minimum atomic E-state index is -0.152. The molecule has 0 aromatic heterocycles. The number of fused-ring (bicyclic) bond motifs is 1. The van der Waals surface area contributed by atoms with Crippen LogP contribution in [0.1, 0.15) is 25.3 Å². The second-order valence-electron chi connectivity index (χ2n) is 6.84. The van der Waals surface area contributed by atoms with Crippen molar-refractivity contribution in [1.82, 2.24) is 5.32 Å². The molecule has 4 rings (SSSR count). The van der Waals surface area contributed by atoms with Crippen LogP contribution in [0.25, 0.3) is 5.57 Å². The van der Waals surface area contributed by atoms with E-state index in [1.165, 1.54) is 12.8 Å². The molecule has 1 aromatic rings. The highest BCUT2D eigenvalue weighted by molar-refractivity contribution is 7.22. The zero-order valence-corrected chi connectivity index (χ0v) is 15.0. The van der Waals surface area contributed by atoms with Gasteiger partial charge in [-0.25, -0.2) is 4.39 Å². The van der Waals surface area contributed by atoms with Gasteiger partial charge in [0, 0.05) is 49.6 Å². The molecule has 1 saturated carbocycles. The number of hydrogen-bond donors (Lipinski definition) is 1. The van der Waals surface area contributed by atoms with Crippen LogP contribution in [0.5, 0.6) is 0 Å². The summed E-state index contributed by atoms with van der Waals surface area (Å²) in [4.78, 5) is 4.45. The third kappa shape index (κ3) is 2.68. The van der Waals surface area contributed by atoms with E-state index in [1.54, 1.807) is 6.07 Å². The predicted octanol–water partition coefficient (Wildman–Crippen LogP) is 3.45. The second-order valence-corrected chi connectivity index (χ2v) is 7.59. The van der Waals surface area contributed by atoms with E-state index >= 15 is 0 Å². The lowest BCUT2D eigenvalue weighted by Gasteiger charge is -2.34. The first-order chi connectivity index (χ1) is 11.6. The molecule has 1 aromatic carbocycles. The number of allylic oxidation sites excluding steroid dienone is 2. The Hall–Kier alpha value is -1.64. The molecule has 3 nitrogen and oxygen atoms in total. The van der Waals surface area contributed by atoms with Crippen molar-refractivity contribution in [2.24, 2.45) is 0 Å². The Kier molecular flexibility index (Phi) is 3.98. The van der Waals surface area contributed by atoms with Crippen molar-refractivity contribution in [1.29, 1.82) is 0 Å². The summed E-state index contributed by atoms with van der Waals surface area (Å²) in [6, 6.07) is 4.22. The van der Waals surface area contributed by atoms with Crippen molar-refractivity contribution < 1.29 is 4.39 Å². The number of benzene rings is 1. The maximum absolute atomic E-state index is 14.8. The van der Waals surface area contributed by atoms with Crippen molar-refractivity contribution >= 4 is 31.1 Å². The molecule has 126 valence electrons. The summed E-state index contributed by atoms with van der Waals surface area (Å²) in [6.07, 6.45) is 4.55. The number of hydrogen-bond acceptors (Lipinski definition) is 3. The van der Waals surface area contributed by atoms with Gasteiger partial charge in [-0.2, -0.15) is 0 Å². The zero-order valence-electron chi connectivity index (χ0n) is 14.0. The van der Waals surface area contributed by atoms with Crippen molar-refractivity contribution in [3.05, 3.63) is 41.9 Å². The predicted molar refractivity (Wildman–Crippen MR) is 103 cm³/mol. The molecule has 0 radical (unpaired) electrons. The number of piperazine rings is 1. The van der Waals surface area contributed by atoms with Crippen molar-refractivity contribution in [3.8, 4) is 0 Å². The first-order valence-electron chi connectivity index (χ1n) is 8.61. The first-order valence-corrected chi connectivity index (χ1v) is 9.11. The molecule has 2 fully saturated rings. The summed E-state index contributed by atoms with van der Waals surface area (Å²) >= 11 is 0. The fourth-order valence-electron chi connectivity index (χ4n) is 3.56. The van der Waals surface area contributed by atoms with Gasteiger partial charge in [0.15, 0.2) is 0 Å². The third-order valence-electron chi connectivity index (χ3n) is 5.06. The molecule has 0 bridgehead atoms. The van der Waals surface area contributed by atoms with E-state index < -0.39 is 0 Å². The van der Waals surface area contributed by atoms with Gasteiger partial charge in [0.05, 0.1) is 11.4 Å². The number of anilines is 2. The van der Waals surface area contributed by atoms with Crippen LogP contribution in [-0.4, -0.2) is 37.5 Å². The van der Waals surface area contributed by atoms with Gasteiger partial charge in [-0.15, -0.1) is 8.86 Å². The Morgan fingerprint density at radius 3 is 2.58 bits per heavy atom. The van der Waals surface area contributed by atoms with Gasteiger partial charge < -0.3 is 15.1 Å². The molecule has 1 aliphatic carbocycles. The number of nitrogens with zero attached hydrogens (tertiary/aromatic N) is 2. The average Bonchev–Trinajstić information content (AvgIpc) is 3.40. The van der Waals surface area contributed by atoms with E-state index in [0.29, 0.717) is 11.7 Å². The average molecular weight is 343 g/mol. The molecular weight excluding hydrogens is 320 g/mol. The first kappa shape index (κ1) is 15.9. The van der Waals surface area contributed by atoms with Gasteiger partial charge in [0.25, 0.3) is 0 Å². The highest BCUT2D eigenvalue weighted by atomic mass is 31.0. The highest BCUT2D eigenvalue weighted by Gasteiger charge is 2.34. The quantitative estimate of drug-likeness (QED) is 0.848. The van der Waals surface area contributed by atoms with E-state index in [4.69, 9.17) is 0 Å². The Bertz CT molecular complexity index is 745. The van der Waals surface area contributed by atoms with Gasteiger partial charge >= 0.3 is 0 Å². The normalized spacial score (nSPS) is 20.8. The molecule has 2 heterocycles. The van der Waals surface area contributed by atoms with E-state index in [0.717, 1.165) is 53.9 Å². The Morgan fingerprint density at radius 1 is 1.25 bits per heavy atom. The standard InChI is InChI=1S/C19H23FN3P/c1-12-15-9-17(20)19(22-7-5-21-6-8-22)10-18(15)23(14-3-4-14)11-16(12)13(2)24/h9-11,14,21,24H,1,3-8H2,2H3. The number of nitrogens with one attached hydrogen (secondary N) is 1. The van der Waals surface area contributed by atoms with Crippen LogP contribution >= 0.6 is 8.86 Å². The SMILES string of the molecule is C=C1C(C(C)=P)=CN(C2CC2)c2cc(N3CCNCC3)c(F)cc21. The van der Waals surface area contributed by atoms with Crippen LogP contribution in [-0.2, 0) is 0 Å². The summed E-state index contributed by atoms with van der Waals surface area (Å²) in [5.41, 5.74) is 4.66. The Balaban J connectivity index is 1.80. The molecule has 24 heavy (non-hydrogen) atoms. The molecule has 0 amide bonds. The van der Waals surface area contributed by atoms with E-state index in [-0.39, 0.29) is 5.82 Å². The lowest BCUT2D eigenvalue weighted by molar-refractivity contribution is 0.566. The van der Waals surface area contributed by atoms with Crippen LogP contribution in [0.15, 0.2) is 30.5 Å². The van der Waals surface area contributed by atoms with Crippen LogP contribution in [0.2, 0.25) is 0 Å². The second kappa shape index (κ2) is 6.02. The highest BCUT2D eigenvalue weighted by Crippen LogP contribution is 2.44. The molecule has 0 unspecified atom stereocenters. The van der Waals surface area contributed by atoms with Crippen molar-refractivity contribution in [3.63, 3.8) is 0 Å². The number of rotatable bonds is 3. The molecule has 2 aliphatic heterocycles. The van der Waals surface area contributed by atoms with Crippen LogP contribution < -0.4 is 15.1 Å². The third-order valence-corrected chi connectivity index (χ3v) is 5.33. The van der Waals surface area contributed by atoms with Crippen LogP contribution in [0.3, 0.4) is 0 Å². The molecule has 3 aliphatic rings. The van der Waals surface area contributed by atoms with E-state index in [9.17, 15) is 4.39 Å². The minimum Gasteiger partial charge on any atom is -0.367 e. The van der Waals surface area contributed by atoms with Gasteiger partial charge in [-0.1, -0.05) is 6.58 Å². The van der Waals surface area contributed by atoms with E-state index in [1.807, 2.05) is 13.0 Å². The maximum atomic E-state index is 14.8. The van der Waals surface area contributed by atoms with Gasteiger partial charge in [-0.3, -0.25) is 0 Å². The van der Waals surface area contributed by atoms with Gasteiger partial charge in [0.1, 0.15) is 5.82 Å². The monoisotopic (exact) mass is 343 g/mol. The molecule has 0 spiro atoms. The van der Waals surface area contributed by atoms with Crippen LogP contribution in [0.4, 0.5) is 15.8 Å². The summed E-state index contributed by atoms with van der Waals surface area (Å²) in [6.45, 7) is 9.71. The summed E-state index contributed by atoms with van der Waals surface area (Å²) < 4.78 is 14.8. The Labute approximate surface area is 145 Å². The minimum absolute atomic E-state index is 0.152. The lowest BCUT2D eigenvalue weighted by atomic mass is 9.92. The molecule has 1 saturated heterocycles.